The van der Waals surface area contributed by atoms with Gasteiger partial charge in [0.2, 0.25) is 0 Å². The van der Waals surface area contributed by atoms with Crippen LogP contribution in [0.3, 0.4) is 0 Å². The molecule has 4 rings (SSSR count). The maximum absolute atomic E-state index is 12.6. The van der Waals surface area contributed by atoms with Crippen LogP contribution in [0, 0.1) is 0 Å². The average molecular weight is 418 g/mol. The highest BCUT2D eigenvalue weighted by atomic mass is 16.5. The summed E-state index contributed by atoms with van der Waals surface area (Å²) in [5.74, 6) is 1.17. The minimum atomic E-state index is -0.445. The van der Waals surface area contributed by atoms with E-state index in [4.69, 9.17) is 9.15 Å². The third-order valence-electron chi connectivity index (χ3n) is 4.58. The highest BCUT2D eigenvalue weighted by Gasteiger charge is 2.22. The van der Waals surface area contributed by atoms with E-state index in [9.17, 15) is 9.59 Å². The van der Waals surface area contributed by atoms with E-state index in [1.807, 2.05) is 45.0 Å². The minimum absolute atomic E-state index is 0.203. The standard InChI is InChI=1S/C23H22N4O4/c1-23(2,3)18-13-20(27(26-18)19-6-4-5-11-24-19)25-21(28)14-30-16-9-7-15-8-10-22(29)31-17(15)12-16/h4-13H,14H2,1-3H3,(H,25,28). The Morgan fingerprint density at radius 2 is 1.94 bits per heavy atom. The fourth-order valence-electron chi connectivity index (χ4n) is 2.95. The Morgan fingerprint density at radius 3 is 2.68 bits per heavy atom. The second kappa shape index (κ2) is 8.06. The van der Waals surface area contributed by atoms with Crippen molar-refractivity contribution in [1.82, 2.24) is 14.8 Å². The number of nitrogens with one attached hydrogen (secondary N) is 1. The lowest BCUT2D eigenvalue weighted by atomic mass is 9.92. The van der Waals surface area contributed by atoms with Gasteiger partial charge < -0.3 is 14.5 Å². The molecule has 8 nitrogen and oxygen atoms in total. The molecule has 3 aromatic heterocycles. The minimum Gasteiger partial charge on any atom is -0.484 e. The van der Waals surface area contributed by atoms with Gasteiger partial charge in [0.25, 0.3) is 5.91 Å². The van der Waals surface area contributed by atoms with Crippen molar-refractivity contribution in [2.75, 3.05) is 11.9 Å². The molecule has 1 N–H and O–H groups in total. The van der Waals surface area contributed by atoms with Crippen LogP contribution in [0.5, 0.6) is 5.75 Å². The molecule has 4 aromatic rings. The molecule has 1 amide bonds. The summed E-state index contributed by atoms with van der Waals surface area (Å²) in [6, 6.07) is 15.4. The second-order valence-electron chi connectivity index (χ2n) is 8.06. The van der Waals surface area contributed by atoms with Crippen LogP contribution >= 0.6 is 0 Å². The van der Waals surface area contributed by atoms with Gasteiger partial charge in [0.05, 0.1) is 5.69 Å². The first-order chi connectivity index (χ1) is 14.8. The first-order valence-electron chi connectivity index (χ1n) is 9.78. The van der Waals surface area contributed by atoms with Crippen LogP contribution in [0.2, 0.25) is 0 Å². The molecule has 0 unspecified atom stereocenters. The van der Waals surface area contributed by atoms with Gasteiger partial charge in [0, 0.05) is 35.2 Å². The largest absolute Gasteiger partial charge is 0.484 e. The summed E-state index contributed by atoms with van der Waals surface area (Å²) in [4.78, 5) is 28.3. The van der Waals surface area contributed by atoms with Gasteiger partial charge in [0.15, 0.2) is 12.4 Å². The van der Waals surface area contributed by atoms with Crippen molar-refractivity contribution in [2.24, 2.45) is 0 Å². The van der Waals surface area contributed by atoms with Crippen LogP contribution in [0.15, 0.2) is 70.0 Å². The number of anilines is 1. The molecular formula is C23H22N4O4. The summed E-state index contributed by atoms with van der Waals surface area (Å²) >= 11 is 0. The van der Waals surface area contributed by atoms with Gasteiger partial charge in [-0.15, -0.1) is 0 Å². The van der Waals surface area contributed by atoms with Crippen molar-refractivity contribution < 1.29 is 13.9 Å². The van der Waals surface area contributed by atoms with Crippen molar-refractivity contribution in [2.45, 2.75) is 26.2 Å². The fourth-order valence-corrected chi connectivity index (χ4v) is 2.95. The van der Waals surface area contributed by atoms with E-state index in [1.54, 1.807) is 35.1 Å². The highest BCUT2D eigenvalue weighted by molar-refractivity contribution is 5.91. The zero-order valence-corrected chi connectivity index (χ0v) is 17.5. The van der Waals surface area contributed by atoms with E-state index in [-0.39, 0.29) is 17.9 Å². The van der Waals surface area contributed by atoms with Gasteiger partial charge >= 0.3 is 5.63 Å². The van der Waals surface area contributed by atoms with E-state index in [0.717, 1.165) is 11.1 Å². The zero-order valence-electron chi connectivity index (χ0n) is 17.5. The van der Waals surface area contributed by atoms with Crippen molar-refractivity contribution in [3.63, 3.8) is 0 Å². The van der Waals surface area contributed by atoms with Crippen LogP contribution in [0.4, 0.5) is 5.82 Å². The molecule has 0 saturated carbocycles. The Kier molecular flexibility index (Phi) is 5.29. The Morgan fingerprint density at radius 1 is 1.13 bits per heavy atom. The molecule has 8 heteroatoms. The van der Waals surface area contributed by atoms with Gasteiger partial charge in [0.1, 0.15) is 17.2 Å². The number of pyridine rings is 1. The Hall–Kier alpha value is -3.94. The molecular weight excluding hydrogens is 396 g/mol. The third kappa shape index (κ3) is 4.63. The quantitative estimate of drug-likeness (QED) is 0.496. The number of fused-ring (bicyclic) bond motifs is 1. The number of carbonyl (C=O) groups excluding carboxylic acids is 1. The molecule has 31 heavy (non-hydrogen) atoms. The smallest absolute Gasteiger partial charge is 0.336 e. The average Bonchev–Trinajstić information content (AvgIpc) is 3.17. The van der Waals surface area contributed by atoms with Crippen LogP contribution in [-0.4, -0.2) is 27.3 Å². The van der Waals surface area contributed by atoms with Crippen molar-refractivity contribution in [1.29, 1.82) is 0 Å². The van der Waals surface area contributed by atoms with Gasteiger partial charge in [-0.25, -0.2) is 9.78 Å². The maximum Gasteiger partial charge on any atom is 0.336 e. The molecule has 0 aliphatic heterocycles. The second-order valence-corrected chi connectivity index (χ2v) is 8.06. The Bertz CT molecular complexity index is 1290. The molecule has 0 bridgehead atoms. The number of benzene rings is 1. The molecule has 1 aromatic carbocycles. The topological polar surface area (TPSA) is 99.2 Å². The molecule has 3 heterocycles. The number of aromatic nitrogens is 3. The van der Waals surface area contributed by atoms with Gasteiger partial charge in [-0.3, -0.25) is 4.79 Å². The predicted molar refractivity (Wildman–Crippen MR) is 117 cm³/mol. The van der Waals surface area contributed by atoms with Gasteiger partial charge in [-0.2, -0.15) is 9.78 Å². The van der Waals surface area contributed by atoms with Crippen LogP contribution in [0.25, 0.3) is 16.8 Å². The van der Waals surface area contributed by atoms with Gasteiger partial charge in [-0.1, -0.05) is 26.8 Å². The maximum atomic E-state index is 12.6. The van der Waals surface area contributed by atoms with Crippen LogP contribution < -0.4 is 15.7 Å². The summed E-state index contributed by atoms with van der Waals surface area (Å²) in [5.41, 5.74) is 0.567. The highest BCUT2D eigenvalue weighted by Crippen LogP contribution is 2.26. The molecule has 158 valence electrons. The Balaban J connectivity index is 1.52. The lowest BCUT2D eigenvalue weighted by Crippen LogP contribution is -2.22. The number of carbonyl (C=O) groups is 1. The number of hydrogen-bond donors (Lipinski definition) is 1. The number of nitrogens with zero attached hydrogens (tertiary/aromatic N) is 3. The summed E-state index contributed by atoms with van der Waals surface area (Å²) in [6.07, 6.45) is 1.67. The monoisotopic (exact) mass is 418 g/mol. The van der Waals surface area contributed by atoms with E-state index in [2.05, 4.69) is 15.4 Å². The predicted octanol–water partition coefficient (Wildman–Crippen LogP) is 3.69. The van der Waals surface area contributed by atoms with E-state index >= 15 is 0 Å². The first-order valence-corrected chi connectivity index (χ1v) is 9.78. The lowest BCUT2D eigenvalue weighted by Gasteiger charge is -2.13. The number of rotatable bonds is 5. The summed E-state index contributed by atoms with van der Waals surface area (Å²) in [6.45, 7) is 5.92. The SMILES string of the molecule is CC(C)(C)c1cc(NC(=O)COc2ccc3ccc(=O)oc3c2)n(-c2ccccn2)n1. The van der Waals surface area contributed by atoms with Crippen molar-refractivity contribution >= 4 is 22.7 Å². The zero-order chi connectivity index (χ0) is 22.0. The fraction of sp³-hybridized carbons (Fsp3) is 0.217. The summed E-state index contributed by atoms with van der Waals surface area (Å²) in [7, 11) is 0. The van der Waals surface area contributed by atoms with E-state index < -0.39 is 5.63 Å². The van der Waals surface area contributed by atoms with Crippen molar-refractivity contribution in [3.05, 3.63) is 76.9 Å². The molecule has 0 atom stereocenters. The van der Waals surface area contributed by atoms with Gasteiger partial charge in [-0.05, 0) is 30.3 Å². The Labute approximate surface area is 178 Å². The summed E-state index contributed by atoms with van der Waals surface area (Å²) in [5, 5.41) is 8.23. The number of ether oxygens (including phenoxy) is 1. The molecule has 0 fully saturated rings. The molecule has 0 saturated heterocycles. The third-order valence-corrected chi connectivity index (χ3v) is 4.58. The molecule has 0 aliphatic carbocycles. The number of hydrogen-bond acceptors (Lipinski definition) is 6. The van der Waals surface area contributed by atoms with Crippen molar-refractivity contribution in [3.8, 4) is 11.6 Å². The van der Waals surface area contributed by atoms with Crippen LogP contribution in [-0.2, 0) is 10.2 Å². The molecule has 0 radical (unpaired) electrons. The summed E-state index contributed by atoms with van der Waals surface area (Å²) < 4.78 is 12.3. The number of amides is 1. The lowest BCUT2D eigenvalue weighted by molar-refractivity contribution is -0.118. The molecule has 0 spiro atoms. The normalized spacial score (nSPS) is 11.5. The van der Waals surface area contributed by atoms with Crippen LogP contribution in [0.1, 0.15) is 26.5 Å². The van der Waals surface area contributed by atoms with E-state index in [0.29, 0.717) is 23.0 Å². The van der Waals surface area contributed by atoms with E-state index in [1.165, 1.54) is 6.07 Å². The first kappa shape index (κ1) is 20.3. The molecule has 0 aliphatic rings.